The third-order valence-corrected chi connectivity index (χ3v) is 9.41. The maximum atomic E-state index is 13.6. The van der Waals surface area contributed by atoms with Gasteiger partial charge in [0, 0.05) is 18.0 Å². The van der Waals surface area contributed by atoms with Crippen LogP contribution in [0.2, 0.25) is 0 Å². The highest BCUT2D eigenvalue weighted by molar-refractivity contribution is 5.92. The van der Waals surface area contributed by atoms with E-state index in [4.69, 9.17) is 0 Å². The molecule has 8 nitrogen and oxygen atoms in total. The predicted molar refractivity (Wildman–Crippen MR) is 133 cm³/mol. The third-order valence-electron chi connectivity index (χ3n) is 9.41. The fourth-order valence-electron chi connectivity index (χ4n) is 6.86. The average molecular weight is 540 g/mol. The second kappa shape index (κ2) is 9.68. The van der Waals surface area contributed by atoms with E-state index in [0.717, 1.165) is 25.7 Å². The SMILES string of the molecule is CC(C)(C)C(NCC(F)(F)F)C(=O)N1CC2C(C1C(=O)NC(C#N)CC1CCC3(CCC3)NC1=O)C2(C)C. The van der Waals surface area contributed by atoms with E-state index in [0.29, 0.717) is 6.42 Å². The van der Waals surface area contributed by atoms with E-state index in [2.05, 4.69) is 22.0 Å². The molecule has 0 radical (unpaired) electrons. The Morgan fingerprint density at radius 2 is 1.87 bits per heavy atom. The lowest BCUT2D eigenvalue weighted by molar-refractivity contribution is -0.147. The first-order chi connectivity index (χ1) is 17.5. The number of fused-ring (bicyclic) bond motifs is 1. The van der Waals surface area contributed by atoms with Gasteiger partial charge in [0.25, 0.3) is 0 Å². The number of carbonyl (C=O) groups excluding carboxylic acids is 3. The van der Waals surface area contributed by atoms with E-state index in [1.807, 2.05) is 13.8 Å². The van der Waals surface area contributed by atoms with Gasteiger partial charge in [-0.3, -0.25) is 19.7 Å². The van der Waals surface area contributed by atoms with Crippen LogP contribution in [0.15, 0.2) is 0 Å². The molecule has 6 unspecified atom stereocenters. The maximum Gasteiger partial charge on any atom is 0.401 e. The highest BCUT2D eigenvalue weighted by Gasteiger charge is 2.69. The van der Waals surface area contributed by atoms with Gasteiger partial charge in [0.15, 0.2) is 0 Å². The molecule has 11 heteroatoms. The minimum absolute atomic E-state index is 0.0498. The van der Waals surface area contributed by atoms with Crippen molar-refractivity contribution in [2.45, 2.75) is 103 Å². The van der Waals surface area contributed by atoms with E-state index in [1.54, 1.807) is 20.8 Å². The molecule has 4 aliphatic rings. The minimum Gasteiger partial charge on any atom is -0.350 e. The number of likely N-dealkylation sites (tertiary alicyclic amines) is 1. The summed E-state index contributed by atoms with van der Waals surface area (Å²) in [5.74, 6) is -1.60. The van der Waals surface area contributed by atoms with Crippen LogP contribution in [-0.2, 0) is 14.4 Å². The molecule has 1 spiro atoms. The Labute approximate surface area is 222 Å². The van der Waals surface area contributed by atoms with Crippen LogP contribution in [0.1, 0.15) is 73.1 Å². The Bertz CT molecular complexity index is 1010. The van der Waals surface area contributed by atoms with Gasteiger partial charge in [-0.05, 0) is 61.2 Å². The summed E-state index contributed by atoms with van der Waals surface area (Å²) in [5.41, 5.74) is -1.12. The molecule has 0 bridgehead atoms. The molecule has 212 valence electrons. The van der Waals surface area contributed by atoms with Crippen molar-refractivity contribution in [2.24, 2.45) is 28.6 Å². The van der Waals surface area contributed by atoms with Crippen LogP contribution >= 0.6 is 0 Å². The molecule has 4 fully saturated rings. The van der Waals surface area contributed by atoms with Gasteiger partial charge >= 0.3 is 6.18 Å². The van der Waals surface area contributed by atoms with E-state index < -0.39 is 48.1 Å². The van der Waals surface area contributed by atoms with Crippen molar-refractivity contribution in [3.05, 3.63) is 0 Å². The zero-order valence-electron chi connectivity index (χ0n) is 22.9. The quantitative estimate of drug-likeness (QED) is 0.460. The molecule has 2 saturated heterocycles. The number of rotatable bonds is 7. The Morgan fingerprint density at radius 3 is 2.37 bits per heavy atom. The molecule has 4 rings (SSSR count). The predicted octanol–water partition coefficient (Wildman–Crippen LogP) is 2.88. The van der Waals surface area contributed by atoms with Crippen molar-refractivity contribution in [2.75, 3.05) is 13.1 Å². The highest BCUT2D eigenvalue weighted by Crippen LogP contribution is 2.65. The topological polar surface area (TPSA) is 114 Å². The number of amides is 3. The standard InChI is InChI=1S/C27H40F3N5O3/c1-24(2,3)20(32-14-27(28,29)30)23(38)35-13-17-18(25(17,4)5)19(35)22(37)33-16(12-31)11-15-7-10-26(8-6-9-26)34-21(15)36/h15-20,32H,6-11,13-14H2,1-5H3,(H,33,37)(H,34,36). The third kappa shape index (κ3) is 5.51. The van der Waals surface area contributed by atoms with E-state index in [9.17, 15) is 32.8 Å². The Morgan fingerprint density at radius 1 is 1.21 bits per heavy atom. The van der Waals surface area contributed by atoms with Crippen molar-refractivity contribution in [3.63, 3.8) is 0 Å². The first kappa shape index (κ1) is 28.7. The zero-order valence-corrected chi connectivity index (χ0v) is 22.9. The number of hydrogen-bond acceptors (Lipinski definition) is 5. The zero-order chi connectivity index (χ0) is 28.3. The molecule has 3 N–H and O–H groups in total. The lowest BCUT2D eigenvalue weighted by atomic mass is 9.69. The molecular formula is C27H40F3N5O3. The van der Waals surface area contributed by atoms with Crippen molar-refractivity contribution in [1.82, 2.24) is 20.9 Å². The number of hydrogen-bond donors (Lipinski definition) is 3. The summed E-state index contributed by atoms with van der Waals surface area (Å²) in [6.45, 7) is 8.04. The van der Waals surface area contributed by atoms with Crippen LogP contribution in [0.5, 0.6) is 0 Å². The Kier molecular flexibility index (Phi) is 7.30. The second-order valence-corrected chi connectivity index (χ2v) is 13.5. The molecule has 2 aliphatic carbocycles. The van der Waals surface area contributed by atoms with Crippen LogP contribution in [0, 0.1) is 39.9 Å². The van der Waals surface area contributed by atoms with Gasteiger partial charge in [0.05, 0.1) is 18.7 Å². The monoisotopic (exact) mass is 539 g/mol. The first-order valence-electron chi connectivity index (χ1n) is 13.6. The molecule has 0 aromatic heterocycles. The minimum atomic E-state index is -4.49. The molecule has 6 atom stereocenters. The lowest BCUT2D eigenvalue weighted by Gasteiger charge is -2.47. The summed E-state index contributed by atoms with van der Waals surface area (Å²) in [4.78, 5) is 41.3. The molecule has 0 aromatic rings. The van der Waals surface area contributed by atoms with Crippen molar-refractivity contribution in [3.8, 4) is 6.07 Å². The number of nitrogens with one attached hydrogen (secondary N) is 3. The van der Waals surface area contributed by atoms with Gasteiger partial charge in [-0.2, -0.15) is 18.4 Å². The van der Waals surface area contributed by atoms with Gasteiger partial charge in [0.2, 0.25) is 17.7 Å². The van der Waals surface area contributed by atoms with Gasteiger partial charge < -0.3 is 15.5 Å². The van der Waals surface area contributed by atoms with Crippen LogP contribution in [-0.4, -0.2) is 65.6 Å². The fourth-order valence-corrected chi connectivity index (χ4v) is 6.86. The van der Waals surface area contributed by atoms with Crippen molar-refractivity contribution in [1.29, 1.82) is 5.26 Å². The number of piperidine rings is 2. The maximum absolute atomic E-state index is 13.6. The molecule has 3 amide bonds. The van der Waals surface area contributed by atoms with Crippen LogP contribution in [0.25, 0.3) is 0 Å². The van der Waals surface area contributed by atoms with Crippen molar-refractivity contribution < 1.29 is 27.6 Å². The highest BCUT2D eigenvalue weighted by atomic mass is 19.4. The number of carbonyl (C=O) groups is 3. The number of halogens is 3. The summed E-state index contributed by atoms with van der Waals surface area (Å²) >= 11 is 0. The van der Waals surface area contributed by atoms with Crippen LogP contribution in [0.4, 0.5) is 13.2 Å². The second-order valence-electron chi connectivity index (χ2n) is 13.5. The normalized spacial score (nSPS) is 30.9. The smallest absolute Gasteiger partial charge is 0.350 e. The summed E-state index contributed by atoms with van der Waals surface area (Å²) in [5, 5.41) is 18.0. The summed E-state index contributed by atoms with van der Waals surface area (Å²) in [7, 11) is 0. The largest absolute Gasteiger partial charge is 0.401 e. The van der Waals surface area contributed by atoms with Gasteiger partial charge in [-0.15, -0.1) is 0 Å². The van der Waals surface area contributed by atoms with E-state index >= 15 is 0 Å². The van der Waals surface area contributed by atoms with Gasteiger partial charge in [-0.25, -0.2) is 0 Å². The first-order valence-corrected chi connectivity index (χ1v) is 13.6. The molecule has 38 heavy (non-hydrogen) atoms. The van der Waals surface area contributed by atoms with Crippen LogP contribution < -0.4 is 16.0 Å². The average Bonchev–Trinajstić information content (AvgIpc) is 3.11. The molecule has 2 aliphatic heterocycles. The van der Waals surface area contributed by atoms with E-state index in [-0.39, 0.29) is 47.6 Å². The number of alkyl halides is 3. The van der Waals surface area contributed by atoms with E-state index in [1.165, 1.54) is 4.90 Å². The molecular weight excluding hydrogens is 499 g/mol. The lowest BCUT2D eigenvalue weighted by Crippen LogP contribution is -2.60. The molecule has 0 aromatic carbocycles. The summed E-state index contributed by atoms with van der Waals surface area (Å²) in [6, 6.07) is -0.834. The van der Waals surface area contributed by atoms with Crippen molar-refractivity contribution >= 4 is 17.7 Å². The summed E-state index contributed by atoms with van der Waals surface area (Å²) < 4.78 is 38.9. The number of nitrogens with zero attached hydrogens (tertiary/aromatic N) is 2. The fraction of sp³-hybridized carbons (Fsp3) is 0.852. The van der Waals surface area contributed by atoms with Gasteiger partial charge in [0.1, 0.15) is 12.1 Å². The number of nitriles is 1. The van der Waals surface area contributed by atoms with Crippen LogP contribution in [0.3, 0.4) is 0 Å². The Balaban J connectivity index is 1.46. The molecule has 2 heterocycles. The Hall–Kier alpha value is -2.35. The van der Waals surface area contributed by atoms with Gasteiger partial charge in [-0.1, -0.05) is 34.6 Å². The summed E-state index contributed by atoms with van der Waals surface area (Å²) in [6.07, 6.45) is 0.252. The molecule has 2 saturated carbocycles.